The van der Waals surface area contributed by atoms with Crippen molar-refractivity contribution in [3.8, 4) is 5.75 Å². The van der Waals surface area contributed by atoms with Gasteiger partial charge in [-0.2, -0.15) is 0 Å². The predicted octanol–water partition coefficient (Wildman–Crippen LogP) is 4.20. The molecule has 3 rings (SSSR count). The maximum atomic E-state index is 13.8. The molecular weight excluding hydrogens is 441 g/mol. The molecule has 2 aromatic carbocycles. The third-order valence-corrected chi connectivity index (χ3v) is 4.84. The highest BCUT2D eigenvalue weighted by Crippen LogP contribution is 2.16. The number of carbonyl (C=O) groups is 1. The minimum Gasteiger partial charge on any atom is -0.489 e. The van der Waals surface area contributed by atoms with Gasteiger partial charge in [0.15, 0.2) is 0 Å². The van der Waals surface area contributed by atoms with Crippen molar-refractivity contribution < 1.29 is 23.0 Å². The molecule has 2 radical (unpaired) electrons. The van der Waals surface area contributed by atoms with E-state index >= 15 is 0 Å². The number of aryl methyl sites for hydroxylation is 1. The van der Waals surface area contributed by atoms with E-state index < -0.39 is 28.9 Å². The minimum absolute atomic E-state index is 0.115. The molecule has 0 bridgehead atoms. The fourth-order valence-electron chi connectivity index (χ4n) is 3.16. The zero-order chi connectivity index (χ0) is 25.0. The molecular formula is C25H25BF2N2O4. The Morgan fingerprint density at radius 3 is 2.38 bits per heavy atom. The summed E-state index contributed by atoms with van der Waals surface area (Å²) in [6.07, 6.45) is -0.559. The highest BCUT2D eigenvalue weighted by atomic mass is 19.1. The number of ether oxygens (including phenoxy) is 2. The van der Waals surface area contributed by atoms with Crippen molar-refractivity contribution in [3.05, 3.63) is 87.3 Å². The Labute approximate surface area is 197 Å². The van der Waals surface area contributed by atoms with E-state index in [2.05, 4.69) is 5.32 Å². The van der Waals surface area contributed by atoms with Gasteiger partial charge in [-0.05, 0) is 63.6 Å². The first kappa shape index (κ1) is 25.0. The molecule has 0 unspecified atom stereocenters. The van der Waals surface area contributed by atoms with Gasteiger partial charge in [0.1, 0.15) is 37.4 Å². The topological polar surface area (TPSA) is 69.6 Å². The molecule has 6 nitrogen and oxygen atoms in total. The van der Waals surface area contributed by atoms with Crippen molar-refractivity contribution in [1.82, 2.24) is 4.57 Å². The fourth-order valence-corrected chi connectivity index (χ4v) is 3.16. The number of pyridine rings is 1. The van der Waals surface area contributed by atoms with Crippen LogP contribution in [0, 0.1) is 18.6 Å². The zero-order valence-corrected chi connectivity index (χ0v) is 19.4. The highest BCUT2D eigenvalue weighted by Gasteiger charge is 2.16. The molecule has 176 valence electrons. The Morgan fingerprint density at radius 1 is 1.09 bits per heavy atom. The second-order valence-corrected chi connectivity index (χ2v) is 8.80. The van der Waals surface area contributed by atoms with Gasteiger partial charge >= 0.3 is 6.09 Å². The zero-order valence-electron chi connectivity index (χ0n) is 19.4. The Bertz CT molecular complexity index is 1250. The summed E-state index contributed by atoms with van der Waals surface area (Å²) in [6, 6.07) is 11.7. The molecule has 0 saturated carbocycles. The fraction of sp³-hybridized carbons (Fsp3) is 0.280. The second-order valence-electron chi connectivity index (χ2n) is 8.80. The van der Waals surface area contributed by atoms with E-state index in [1.54, 1.807) is 58.0 Å². The molecule has 1 heterocycles. The van der Waals surface area contributed by atoms with Gasteiger partial charge in [0.05, 0.1) is 6.54 Å². The number of aromatic nitrogens is 1. The summed E-state index contributed by atoms with van der Waals surface area (Å²) in [4.78, 5) is 24.7. The Balaban J connectivity index is 1.71. The van der Waals surface area contributed by atoms with Crippen LogP contribution in [0.5, 0.6) is 5.75 Å². The van der Waals surface area contributed by atoms with Gasteiger partial charge in [-0.3, -0.25) is 10.1 Å². The number of hydrogen-bond donors (Lipinski definition) is 1. The van der Waals surface area contributed by atoms with Crippen LogP contribution in [-0.2, 0) is 17.9 Å². The average molecular weight is 466 g/mol. The lowest BCUT2D eigenvalue weighted by Crippen LogP contribution is -2.37. The van der Waals surface area contributed by atoms with E-state index in [-0.39, 0.29) is 29.9 Å². The number of halogens is 2. The van der Waals surface area contributed by atoms with Crippen LogP contribution < -0.4 is 21.1 Å². The summed E-state index contributed by atoms with van der Waals surface area (Å²) >= 11 is 0. The number of carbonyl (C=O) groups excluding carboxylic acids is 1. The predicted molar refractivity (Wildman–Crippen MR) is 127 cm³/mol. The van der Waals surface area contributed by atoms with Gasteiger partial charge in [0.2, 0.25) is 5.56 Å². The molecule has 1 amide bonds. The molecule has 0 aliphatic heterocycles. The molecule has 0 saturated heterocycles. The van der Waals surface area contributed by atoms with Crippen LogP contribution in [0.3, 0.4) is 0 Å². The Kier molecular flexibility index (Phi) is 7.44. The first-order chi connectivity index (χ1) is 15.9. The maximum Gasteiger partial charge on any atom is 0.412 e. The first-order valence-electron chi connectivity index (χ1n) is 10.6. The molecule has 34 heavy (non-hydrogen) atoms. The number of nitrogens with one attached hydrogen (secondary N) is 1. The van der Waals surface area contributed by atoms with E-state index in [9.17, 15) is 18.4 Å². The molecule has 9 heteroatoms. The van der Waals surface area contributed by atoms with Gasteiger partial charge in [-0.1, -0.05) is 12.1 Å². The number of nitrogens with zero attached hydrogens (tertiary/aromatic N) is 1. The van der Waals surface area contributed by atoms with E-state index in [0.717, 1.165) is 17.7 Å². The van der Waals surface area contributed by atoms with Gasteiger partial charge in [0, 0.05) is 28.5 Å². The average Bonchev–Trinajstić information content (AvgIpc) is 2.73. The maximum absolute atomic E-state index is 13.8. The lowest BCUT2D eigenvalue weighted by molar-refractivity contribution is 0.0636. The van der Waals surface area contributed by atoms with Crippen LogP contribution in [0.15, 0.2) is 53.3 Å². The highest BCUT2D eigenvalue weighted by molar-refractivity contribution is 6.33. The third-order valence-electron chi connectivity index (χ3n) is 4.84. The lowest BCUT2D eigenvalue weighted by Gasteiger charge is -2.19. The van der Waals surface area contributed by atoms with Crippen molar-refractivity contribution in [2.75, 3.05) is 5.32 Å². The van der Waals surface area contributed by atoms with Crippen molar-refractivity contribution in [3.63, 3.8) is 0 Å². The first-order valence-corrected chi connectivity index (χ1v) is 10.6. The third kappa shape index (κ3) is 6.46. The monoisotopic (exact) mass is 466 g/mol. The molecule has 0 atom stereocenters. The molecule has 0 aliphatic rings. The summed E-state index contributed by atoms with van der Waals surface area (Å²) in [5.41, 5.74) is 0.917. The second kappa shape index (κ2) is 10.1. The van der Waals surface area contributed by atoms with Gasteiger partial charge < -0.3 is 14.0 Å². The summed E-state index contributed by atoms with van der Waals surface area (Å²) in [7, 11) is 5.99. The van der Waals surface area contributed by atoms with Crippen LogP contribution in [0.25, 0.3) is 0 Å². The normalized spacial score (nSPS) is 11.2. The van der Waals surface area contributed by atoms with E-state index in [1.807, 2.05) is 0 Å². The summed E-state index contributed by atoms with van der Waals surface area (Å²) in [5, 5.41) is 2.65. The number of amides is 1. The van der Waals surface area contributed by atoms with E-state index in [0.29, 0.717) is 11.4 Å². The van der Waals surface area contributed by atoms with Crippen molar-refractivity contribution >= 4 is 25.1 Å². The Hall–Kier alpha value is -3.62. The number of anilines is 1. The van der Waals surface area contributed by atoms with Crippen molar-refractivity contribution in [2.24, 2.45) is 0 Å². The van der Waals surface area contributed by atoms with E-state index in [4.69, 9.17) is 17.3 Å². The van der Waals surface area contributed by atoms with Crippen LogP contribution >= 0.6 is 0 Å². The molecule has 1 aromatic heterocycles. The smallest absolute Gasteiger partial charge is 0.412 e. The van der Waals surface area contributed by atoms with Crippen LogP contribution in [0.2, 0.25) is 0 Å². The molecule has 1 N–H and O–H groups in total. The van der Waals surface area contributed by atoms with Crippen molar-refractivity contribution in [2.45, 2.75) is 46.4 Å². The number of rotatable bonds is 6. The van der Waals surface area contributed by atoms with E-state index in [1.165, 1.54) is 10.6 Å². The summed E-state index contributed by atoms with van der Waals surface area (Å²) in [5.74, 6) is -1.31. The molecule has 0 fully saturated rings. The van der Waals surface area contributed by atoms with Gasteiger partial charge in [-0.25, -0.2) is 13.6 Å². The van der Waals surface area contributed by atoms with Gasteiger partial charge in [0.25, 0.3) is 0 Å². The van der Waals surface area contributed by atoms with Gasteiger partial charge in [-0.15, -0.1) is 0 Å². The summed E-state index contributed by atoms with van der Waals surface area (Å²) < 4.78 is 39.2. The van der Waals surface area contributed by atoms with Crippen molar-refractivity contribution in [1.29, 1.82) is 0 Å². The SMILES string of the molecule is [B]c1c(OCc2ccc(F)cc2F)cc(C)n(Cc2ccc(NC(=O)OC(C)(C)C)cc2)c1=O. The molecule has 3 aromatic rings. The van der Waals surface area contributed by atoms with Crippen LogP contribution in [-0.4, -0.2) is 24.1 Å². The standard InChI is InChI=1S/C25H25BF2N2O4/c1-15-11-21(33-14-17-7-8-18(27)12-20(17)28)22(26)23(31)30(15)13-16-5-9-19(10-6-16)29-24(32)34-25(2,3)4/h5-12H,13-14H2,1-4H3,(H,29,32). The number of hydrogen-bond acceptors (Lipinski definition) is 4. The quantitative estimate of drug-likeness (QED) is 0.553. The molecule has 0 spiro atoms. The lowest BCUT2D eigenvalue weighted by atomic mass is 9.96. The minimum atomic E-state index is -0.742. The number of benzene rings is 2. The largest absolute Gasteiger partial charge is 0.489 e. The van der Waals surface area contributed by atoms with Crippen LogP contribution in [0.1, 0.15) is 37.6 Å². The summed E-state index contributed by atoms with van der Waals surface area (Å²) in [6.45, 7) is 7.10. The molecule has 0 aliphatic carbocycles. The van der Waals surface area contributed by atoms with Crippen LogP contribution in [0.4, 0.5) is 19.3 Å². The Morgan fingerprint density at radius 2 is 1.76 bits per heavy atom.